The lowest BCUT2D eigenvalue weighted by Crippen LogP contribution is -2.18. The van der Waals surface area contributed by atoms with Crippen LogP contribution in [0, 0.1) is 0 Å². The molecule has 6 heavy (non-hydrogen) atoms. The topological polar surface area (TPSA) is 69.1 Å². The minimum absolute atomic E-state index is 0. The highest BCUT2D eigenvalue weighted by atomic mass is 19.0. The van der Waals surface area contributed by atoms with Gasteiger partial charge in [0.15, 0.2) is 0 Å². The number of urea groups is 1. The van der Waals surface area contributed by atoms with Crippen LogP contribution in [0.1, 0.15) is 0 Å². The average molecular weight is 100 g/mol. The number of rotatable bonds is 0. The first-order valence-electron chi connectivity index (χ1n) is 0.781. The van der Waals surface area contributed by atoms with E-state index in [-0.39, 0.29) is 9.41 Å². The first-order valence-corrected chi connectivity index (χ1v) is 0.781. The maximum atomic E-state index is 9.00. The summed E-state index contributed by atoms with van der Waals surface area (Å²) in [6.45, 7) is 0. The van der Waals surface area contributed by atoms with Gasteiger partial charge in [0.2, 0.25) is 0 Å². The third-order valence-corrected chi connectivity index (χ3v) is 0. The van der Waals surface area contributed by atoms with Crippen LogP contribution in [0.15, 0.2) is 0 Å². The van der Waals surface area contributed by atoms with Crippen molar-refractivity contribution in [1.82, 2.24) is 0 Å². The normalized spacial score (nSPS) is 4.00. The molecule has 4 N–H and O–H groups in total. The molecule has 0 atom stereocenters. The van der Waals surface area contributed by atoms with Crippen molar-refractivity contribution in [3.8, 4) is 0 Å². The Morgan fingerprint density at radius 2 is 1.17 bits per heavy atom. The van der Waals surface area contributed by atoms with Gasteiger partial charge in [-0.1, -0.05) is 0 Å². The summed E-state index contributed by atoms with van der Waals surface area (Å²) in [5.41, 5.74) is 8.50. The molecule has 0 saturated carbocycles. The minimum atomic E-state index is -0.833. The summed E-state index contributed by atoms with van der Waals surface area (Å²) in [5, 5.41) is 0. The number of primary amides is 2. The molecule has 0 aromatic carbocycles. The largest absolute Gasteiger partial charge is 0.352 e. The Hall–Kier alpha value is -0.870. The lowest BCUT2D eigenvalue weighted by atomic mass is 11.2. The summed E-state index contributed by atoms with van der Waals surface area (Å²) in [7, 11) is 0. The van der Waals surface area contributed by atoms with Gasteiger partial charge in [0.05, 0.1) is 0 Å². The average Bonchev–Trinajstić information content (AvgIpc) is 0.811. The number of carbonyl (C=O) groups is 1. The molecule has 0 aliphatic carbocycles. The van der Waals surface area contributed by atoms with Gasteiger partial charge in [-0.25, -0.2) is 4.79 Å². The monoisotopic (exact) mass is 100 g/mol. The van der Waals surface area contributed by atoms with E-state index in [4.69, 9.17) is 4.79 Å². The molecule has 40 valence electrons. The molecular weight excluding hydrogens is 94.0 g/mol. The zero-order valence-corrected chi connectivity index (χ0v) is 2.88. The summed E-state index contributed by atoms with van der Waals surface area (Å²) in [6, 6.07) is -0.833. The second-order valence-electron chi connectivity index (χ2n) is 0.402. The molecule has 0 rings (SSSR count). The van der Waals surface area contributed by atoms with E-state index >= 15 is 0 Å². The molecule has 0 fully saturated rings. The molecule has 3 nitrogen and oxygen atoms in total. The van der Waals surface area contributed by atoms with Gasteiger partial charge in [-0.05, 0) is 0 Å². The third-order valence-electron chi connectivity index (χ3n) is 0. The van der Waals surface area contributed by atoms with Crippen LogP contribution in [0.3, 0.4) is 0 Å². The van der Waals surface area contributed by atoms with Crippen molar-refractivity contribution in [2.24, 2.45) is 11.5 Å². The van der Waals surface area contributed by atoms with Gasteiger partial charge < -0.3 is 11.5 Å². The smallest absolute Gasteiger partial charge is 0.309 e. The Balaban J connectivity index is -0.0000000450. The van der Waals surface area contributed by atoms with Gasteiger partial charge in [-0.2, -0.15) is 0 Å². The van der Waals surface area contributed by atoms with Gasteiger partial charge in [-0.3, -0.25) is 9.41 Å². The highest BCUT2D eigenvalue weighted by molar-refractivity contribution is 5.69. The van der Waals surface area contributed by atoms with Gasteiger partial charge >= 0.3 is 6.03 Å². The first-order chi connectivity index (χ1) is 1.73. The molecule has 0 aliphatic heterocycles. The fourth-order valence-electron chi connectivity index (χ4n) is 0. The molecule has 0 aliphatic rings. The quantitative estimate of drug-likeness (QED) is 0.416. The molecule has 0 aromatic rings. The van der Waals surface area contributed by atoms with Crippen LogP contribution in [0.4, 0.5) is 14.2 Å². The number of halogens is 2. The first kappa shape index (κ1) is 19.3. The van der Waals surface area contributed by atoms with Crippen LogP contribution in [-0.4, -0.2) is 6.03 Å². The molecule has 0 saturated heterocycles. The zero-order chi connectivity index (χ0) is 3.58. The summed E-state index contributed by atoms with van der Waals surface area (Å²) in [5.74, 6) is 0. The van der Waals surface area contributed by atoms with E-state index in [9.17, 15) is 0 Å². The summed E-state index contributed by atoms with van der Waals surface area (Å²) >= 11 is 0. The van der Waals surface area contributed by atoms with Crippen LogP contribution >= 0.6 is 0 Å². The van der Waals surface area contributed by atoms with Crippen molar-refractivity contribution in [2.75, 3.05) is 0 Å². The molecule has 0 radical (unpaired) electrons. The van der Waals surface area contributed by atoms with Crippen LogP contribution < -0.4 is 11.5 Å². The van der Waals surface area contributed by atoms with E-state index in [1.807, 2.05) is 0 Å². The van der Waals surface area contributed by atoms with Crippen LogP contribution in [0.25, 0.3) is 0 Å². The summed E-state index contributed by atoms with van der Waals surface area (Å²) < 4.78 is 0. The number of carbonyl (C=O) groups excluding carboxylic acids is 1. The number of nitrogens with two attached hydrogens (primary N) is 2. The SMILES string of the molecule is F.F.NC(N)=O. The maximum absolute atomic E-state index is 9.00. The zero-order valence-electron chi connectivity index (χ0n) is 2.88. The van der Waals surface area contributed by atoms with Crippen molar-refractivity contribution in [1.29, 1.82) is 0 Å². The molecule has 0 bridgehead atoms. The Morgan fingerprint density at radius 1 is 1.17 bits per heavy atom. The second kappa shape index (κ2) is 8.92. The highest BCUT2D eigenvalue weighted by Crippen LogP contribution is 1.25. The Morgan fingerprint density at radius 3 is 1.17 bits per heavy atom. The molecule has 0 spiro atoms. The summed E-state index contributed by atoms with van der Waals surface area (Å²) in [4.78, 5) is 9.00. The fourth-order valence-corrected chi connectivity index (χ4v) is 0. The van der Waals surface area contributed by atoms with Crippen molar-refractivity contribution in [2.45, 2.75) is 0 Å². The molecule has 0 unspecified atom stereocenters. The van der Waals surface area contributed by atoms with Crippen LogP contribution in [0.5, 0.6) is 0 Å². The van der Waals surface area contributed by atoms with E-state index in [0.29, 0.717) is 0 Å². The Kier molecular flexibility index (Phi) is 28.7. The lowest BCUT2D eigenvalue weighted by Gasteiger charge is -1.62. The van der Waals surface area contributed by atoms with Crippen LogP contribution in [0.2, 0.25) is 0 Å². The van der Waals surface area contributed by atoms with Crippen LogP contribution in [-0.2, 0) is 0 Å². The van der Waals surface area contributed by atoms with Gasteiger partial charge in [-0.15, -0.1) is 0 Å². The number of hydrogen-bond donors (Lipinski definition) is 2. The van der Waals surface area contributed by atoms with Crippen molar-refractivity contribution in [3.63, 3.8) is 0 Å². The fraction of sp³-hybridized carbons (Fsp3) is 0. The van der Waals surface area contributed by atoms with Gasteiger partial charge in [0.1, 0.15) is 0 Å². The van der Waals surface area contributed by atoms with E-state index in [2.05, 4.69) is 11.5 Å². The van der Waals surface area contributed by atoms with E-state index in [1.54, 1.807) is 0 Å². The Labute approximate surface area is 33.0 Å². The Bertz CT molecular complexity index is 34.5. The maximum Gasteiger partial charge on any atom is 0.309 e. The van der Waals surface area contributed by atoms with Crippen molar-refractivity contribution in [3.05, 3.63) is 0 Å². The predicted octanol–water partition coefficient (Wildman–Crippen LogP) is -0.671. The highest BCUT2D eigenvalue weighted by Gasteiger charge is 1.60. The minimum Gasteiger partial charge on any atom is -0.352 e. The van der Waals surface area contributed by atoms with E-state index in [1.165, 1.54) is 0 Å². The van der Waals surface area contributed by atoms with Crippen molar-refractivity contribution < 1.29 is 14.2 Å². The standard InChI is InChI=1S/CH4N2O.2FH/c2-1(3)4;;/h(H4,2,3,4);2*1H. The van der Waals surface area contributed by atoms with Gasteiger partial charge in [0.25, 0.3) is 0 Å². The van der Waals surface area contributed by atoms with E-state index < -0.39 is 6.03 Å². The molecular formula is CH6F2N2O. The molecule has 0 aromatic heterocycles. The molecule has 2 amide bonds. The lowest BCUT2D eigenvalue weighted by molar-refractivity contribution is 0.256. The third kappa shape index (κ3) is 18.8. The number of hydrogen-bond acceptors (Lipinski definition) is 1. The van der Waals surface area contributed by atoms with Crippen molar-refractivity contribution >= 4 is 6.03 Å². The second-order valence-corrected chi connectivity index (χ2v) is 0.402. The number of amides is 2. The summed E-state index contributed by atoms with van der Waals surface area (Å²) in [6.07, 6.45) is 0. The molecule has 5 heteroatoms. The van der Waals surface area contributed by atoms with E-state index in [0.717, 1.165) is 0 Å². The predicted molar refractivity (Wildman–Crippen MR) is 18.8 cm³/mol. The van der Waals surface area contributed by atoms with Gasteiger partial charge in [0, 0.05) is 0 Å². The molecule has 0 heterocycles.